The summed E-state index contributed by atoms with van der Waals surface area (Å²) in [4.78, 5) is 25.7. The highest BCUT2D eigenvalue weighted by Crippen LogP contribution is 2.31. The number of aryl methyl sites for hydroxylation is 1. The number of carbonyl (C=O) groups is 1. The molecule has 156 valence electrons. The van der Waals surface area contributed by atoms with Crippen LogP contribution in [-0.2, 0) is 0 Å². The average Bonchev–Trinajstić information content (AvgIpc) is 2.78. The number of anilines is 2. The minimum absolute atomic E-state index is 0.381. The van der Waals surface area contributed by atoms with Crippen LogP contribution in [0.2, 0.25) is 0 Å². The SMILES string of the molecule is CCCOc1ccc2nc(-c3ccc(C)nc3)nc(Nc3ccccc3C(N)=O)c2c1. The number of carbonyl (C=O) groups excluding carboxylic acids is 1. The third-order valence-corrected chi connectivity index (χ3v) is 4.76. The van der Waals surface area contributed by atoms with E-state index in [2.05, 4.69) is 17.2 Å². The van der Waals surface area contributed by atoms with E-state index < -0.39 is 5.91 Å². The molecule has 2 aromatic carbocycles. The van der Waals surface area contributed by atoms with Gasteiger partial charge in [0.1, 0.15) is 11.6 Å². The quantitative estimate of drug-likeness (QED) is 0.458. The summed E-state index contributed by atoms with van der Waals surface area (Å²) in [5.74, 6) is 1.29. The van der Waals surface area contributed by atoms with E-state index in [-0.39, 0.29) is 0 Å². The van der Waals surface area contributed by atoms with Crippen LogP contribution in [0.25, 0.3) is 22.3 Å². The Hall–Kier alpha value is -4.00. The summed E-state index contributed by atoms with van der Waals surface area (Å²) in [6.45, 7) is 4.60. The van der Waals surface area contributed by atoms with E-state index in [1.54, 1.807) is 24.4 Å². The number of nitrogens with zero attached hydrogens (tertiary/aromatic N) is 3. The Balaban J connectivity index is 1.86. The Bertz CT molecular complexity index is 1240. The first-order chi connectivity index (χ1) is 15.0. The number of primary amides is 1. The molecule has 0 spiro atoms. The molecular formula is C24H23N5O2. The number of nitrogens with one attached hydrogen (secondary N) is 1. The lowest BCUT2D eigenvalue weighted by Gasteiger charge is -2.14. The number of nitrogens with two attached hydrogens (primary N) is 1. The average molecular weight is 413 g/mol. The number of amides is 1. The first kappa shape index (κ1) is 20.3. The maximum absolute atomic E-state index is 11.9. The molecule has 3 N–H and O–H groups in total. The normalized spacial score (nSPS) is 10.8. The summed E-state index contributed by atoms with van der Waals surface area (Å²) in [7, 11) is 0. The van der Waals surface area contributed by atoms with Crippen LogP contribution in [-0.4, -0.2) is 27.5 Å². The second-order valence-electron chi connectivity index (χ2n) is 7.15. The fraction of sp³-hybridized carbons (Fsp3) is 0.167. The Labute approximate surface area is 180 Å². The molecule has 0 bridgehead atoms. The molecule has 0 atom stereocenters. The van der Waals surface area contributed by atoms with Crippen molar-refractivity contribution in [3.63, 3.8) is 0 Å². The molecule has 0 saturated carbocycles. The maximum atomic E-state index is 11.9. The van der Waals surface area contributed by atoms with Crippen LogP contribution < -0.4 is 15.8 Å². The Morgan fingerprint density at radius 3 is 2.68 bits per heavy atom. The van der Waals surface area contributed by atoms with Crippen molar-refractivity contribution in [1.82, 2.24) is 15.0 Å². The second-order valence-corrected chi connectivity index (χ2v) is 7.15. The van der Waals surface area contributed by atoms with Gasteiger partial charge in [-0.1, -0.05) is 19.1 Å². The number of hydrogen-bond acceptors (Lipinski definition) is 6. The van der Waals surface area contributed by atoms with Gasteiger partial charge in [-0.05, 0) is 55.8 Å². The lowest BCUT2D eigenvalue weighted by atomic mass is 10.1. The van der Waals surface area contributed by atoms with Crippen LogP contribution in [0.5, 0.6) is 5.75 Å². The first-order valence-corrected chi connectivity index (χ1v) is 10.1. The maximum Gasteiger partial charge on any atom is 0.250 e. The van der Waals surface area contributed by atoms with Crippen LogP contribution in [0.15, 0.2) is 60.8 Å². The van der Waals surface area contributed by atoms with Gasteiger partial charge in [0.25, 0.3) is 5.91 Å². The van der Waals surface area contributed by atoms with Gasteiger partial charge in [-0.3, -0.25) is 9.78 Å². The van der Waals surface area contributed by atoms with E-state index in [0.29, 0.717) is 29.5 Å². The molecule has 1 amide bonds. The van der Waals surface area contributed by atoms with Gasteiger partial charge < -0.3 is 15.8 Å². The zero-order valence-electron chi connectivity index (χ0n) is 17.4. The van der Waals surface area contributed by atoms with Crippen LogP contribution in [0.3, 0.4) is 0 Å². The molecule has 2 aromatic heterocycles. The summed E-state index contributed by atoms with van der Waals surface area (Å²) >= 11 is 0. The molecule has 0 aliphatic carbocycles. The summed E-state index contributed by atoms with van der Waals surface area (Å²) in [6.07, 6.45) is 2.65. The van der Waals surface area contributed by atoms with Crippen molar-refractivity contribution in [2.45, 2.75) is 20.3 Å². The van der Waals surface area contributed by atoms with Gasteiger partial charge in [0.15, 0.2) is 5.82 Å². The molecule has 4 aromatic rings. The lowest BCUT2D eigenvalue weighted by Crippen LogP contribution is -2.13. The molecule has 4 rings (SSSR count). The number of fused-ring (bicyclic) bond motifs is 1. The van der Waals surface area contributed by atoms with E-state index in [4.69, 9.17) is 20.4 Å². The third-order valence-electron chi connectivity index (χ3n) is 4.76. The van der Waals surface area contributed by atoms with Crippen molar-refractivity contribution in [3.05, 3.63) is 72.1 Å². The van der Waals surface area contributed by atoms with Gasteiger partial charge in [0, 0.05) is 22.8 Å². The van der Waals surface area contributed by atoms with Crippen LogP contribution >= 0.6 is 0 Å². The molecule has 0 saturated heterocycles. The fourth-order valence-electron chi connectivity index (χ4n) is 3.18. The largest absolute Gasteiger partial charge is 0.494 e. The Morgan fingerprint density at radius 1 is 1.10 bits per heavy atom. The van der Waals surface area contributed by atoms with Crippen LogP contribution in [0, 0.1) is 6.92 Å². The zero-order valence-corrected chi connectivity index (χ0v) is 17.4. The fourth-order valence-corrected chi connectivity index (χ4v) is 3.18. The van der Waals surface area contributed by atoms with Crippen LogP contribution in [0.4, 0.5) is 11.5 Å². The molecule has 0 aliphatic heterocycles. The molecule has 0 unspecified atom stereocenters. The number of ether oxygens (including phenoxy) is 1. The standard InChI is InChI=1S/C24H23N5O2/c1-3-12-31-17-10-11-21-19(13-17)24(28-20-7-5-4-6-18(20)22(25)30)29-23(27-21)16-9-8-15(2)26-14-16/h4-11,13-14H,3,12H2,1-2H3,(H2,25,30)(H,27,28,29). The van der Waals surface area contributed by atoms with E-state index in [9.17, 15) is 4.79 Å². The molecule has 7 nitrogen and oxygen atoms in total. The summed E-state index contributed by atoms with van der Waals surface area (Å²) in [6, 6.07) is 16.6. The molecular weight excluding hydrogens is 390 g/mol. The van der Waals surface area contributed by atoms with Crippen molar-refractivity contribution in [2.75, 3.05) is 11.9 Å². The van der Waals surface area contributed by atoms with E-state index in [0.717, 1.165) is 34.3 Å². The Morgan fingerprint density at radius 2 is 1.94 bits per heavy atom. The highest BCUT2D eigenvalue weighted by Gasteiger charge is 2.14. The van der Waals surface area contributed by atoms with Crippen molar-refractivity contribution < 1.29 is 9.53 Å². The van der Waals surface area contributed by atoms with E-state index in [1.165, 1.54) is 0 Å². The van der Waals surface area contributed by atoms with Gasteiger partial charge >= 0.3 is 0 Å². The number of benzene rings is 2. The second kappa shape index (κ2) is 8.79. The van der Waals surface area contributed by atoms with Gasteiger partial charge in [-0.2, -0.15) is 0 Å². The van der Waals surface area contributed by atoms with Crippen molar-refractivity contribution in [2.24, 2.45) is 5.73 Å². The number of hydrogen-bond donors (Lipinski definition) is 2. The topological polar surface area (TPSA) is 103 Å². The number of pyridine rings is 1. The molecule has 7 heteroatoms. The number of aromatic nitrogens is 3. The molecule has 31 heavy (non-hydrogen) atoms. The minimum atomic E-state index is -0.517. The first-order valence-electron chi connectivity index (χ1n) is 10.1. The monoisotopic (exact) mass is 413 g/mol. The lowest BCUT2D eigenvalue weighted by molar-refractivity contribution is 0.100. The predicted molar refractivity (Wildman–Crippen MR) is 122 cm³/mol. The van der Waals surface area contributed by atoms with Gasteiger partial charge in [0.05, 0.1) is 23.4 Å². The van der Waals surface area contributed by atoms with Crippen molar-refractivity contribution in [1.29, 1.82) is 0 Å². The minimum Gasteiger partial charge on any atom is -0.494 e. The summed E-state index contributed by atoms with van der Waals surface area (Å²) < 4.78 is 5.79. The molecule has 0 aliphatic rings. The zero-order chi connectivity index (χ0) is 21.8. The van der Waals surface area contributed by atoms with E-state index in [1.807, 2.05) is 43.3 Å². The Kier molecular flexibility index (Phi) is 5.75. The van der Waals surface area contributed by atoms with Gasteiger partial charge in [-0.15, -0.1) is 0 Å². The smallest absolute Gasteiger partial charge is 0.250 e. The van der Waals surface area contributed by atoms with Crippen molar-refractivity contribution in [3.8, 4) is 17.1 Å². The van der Waals surface area contributed by atoms with Gasteiger partial charge in [-0.25, -0.2) is 9.97 Å². The number of para-hydroxylation sites is 1. The van der Waals surface area contributed by atoms with Gasteiger partial charge in [0.2, 0.25) is 0 Å². The summed E-state index contributed by atoms with van der Waals surface area (Å²) in [5.41, 5.74) is 8.96. The highest BCUT2D eigenvalue weighted by atomic mass is 16.5. The summed E-state index contributed by atoms with van der Waals surface area (Å²) in [5, 5.41) is 4.05. The third kappa shape index (κ3) is 4.45. The van der Waals surface area contributed by atoms with Crippen molar-refractivity contribution >= 4 is 28.3 Å². The van der Waals surface area contributed by atoms with E-state index >= 15 is 0 Å². The molecule has 2 heterocycles. The molecule has 0 radical (unpaired) electrons. The predicted octanol–water partition coefficient (Wildman–Crippen LogP) is 4.63. The van der Waals surface area contributed by atoms with Crippen LogP contribution in [0.1, 0.15) is 29.4 Å². The highest BCUT2D eigenvalue weighted by molar-refractivity contribution is 6.01. The number of rotatable bonds is 7. The molecule has 0 fully saturated rings.